The maximum absolute atomic E-state index is 11.7. The van der Waals surface area contributed by atoms with Gasteiger partial charge in [0.2, 0.25) is 5.91 Å². The minimum atomic E-state index is -0.130. The molecule has 1 aliphatic rings. The van der Waals surface area contributed by atoms with E-state index in [9.17, 15) is 4.79 Å². The highest BCUT2D eigenvalue weighted by atomic mass is 35.5. The highest BCUT2D eigenvalue weighted by Gasteiger charge is 2.28. The topological polar surface area (TPSA) is 72.9 Å². The summed E-state index contributed by atoms with van der Waals surface area (Å²) in [4.78, 5) is 16.4. The maximum atomic E-state index is 11.7. The summed E-state index contributed by atoms with van der Waals surface area (Å²) in [5.74, 6) is 1.71. The van der Waals surface area contributed by atoms with Crippen molar-refractivity contribution in [2.75, 3.05) is 5.32 Å². The highest BCUT2D eigenvalue weighted by Crippen LogP contribution is 2.40. The van der Waals surface area contributed by atoms with Gasteiger partial charge in [-0.05, 0) is 38.0 Å². The van der Waals surface area contributed by atoms with Crippen molar-refractivity contribution < 1.29 is 4.79 Å². The first kappa shape index (κ1) is 15.8. The minimum Gasteiger partial charge on any atom is -0.331 e. The second-order valence-corrected chi connectivity index (χ2v) is 5.74. The molecule has 0 bridgehead atoms. The molecule has 2 aromatic rings. The summed E-state index contributed by atoms with van der Waals surface area (Å²) in [6.07, 6.45) is 2.79. The van der Waals surface area contributed by atoms with Crippen molar-refractivity contribution in [1.29, 1.82) is 0 Å². The van der Waals surface area contributed by atoms with E-state index in [-0.39, 0.29) is 24.4 Å². The zero-order valence-electron chi connectivity index (χ0n) is 12.3. The molecule has 1 aliphatic carbocycles. The quantitative estimate of drug-likeness (QED) is 0.911. The van der Waals surface area contributed by atoms with Crippen LogP contribution in [0.15, 0.2) is 18.2 Å². The van der Waals surface area contributed by atoms with Crippen molar-refractivity contribution >= 4 is 35.0 Å². The number of anilines is 1. The number of fused-ring (bicyclic) bond motifs is 1. The third-order valence-electron chi connectivity index (χ3n) is 3.65. The normalized spacial score (nSPS) is 15.6. The Hall–Kier alpha value is -1.59. The lowest BCUT2D eigenvalue weighted by molar-refractivity contribution is -0.116. The Balaban J connectivity index is 0.00000161. The van der Waals surface area contributed by atoms with E-state index in [1.54, 1.807) is 0 Å². The Kier molecular flexibility index (Phi) is 4.54. The van der Waals surface area contributed by atoms with E-state index in [0.29, 0.717) is 12.3 Å². The van der Waals surface area contributed by atoms with Gasteiger partial charge in [-0.3, -0.25) is 4.79 Å². The standard InChI is InChI=1S/C15H20N4O.ClH/c1-9(16)7-14(20)17-11-5-6-13-12(8-11)18-15(19(13)2)10-3-4-10;/h5-6,8-10H,3-4,7,16H2,1-2H3,(H,17,20);1H. The van der Waals surface area contributed by atoms with Gasteiger partial charge in [-0.2, -0.15) is 0 Å². The summed E-state index contributed by atoms with van der Waals surface area (Å²) in [5, 5.41) is 2.87. The van der Waals surface area contributed by atoms with Gasteiger partial charge in [0.1, 0.15) is 5.82 Å². The van der Waals surface area contributed by atoms with Crippen LogP contribution in [0.5, 0.6) is 0 Å². The fourth-order valence-corrected chi connectivity index (χ4v) is 2.51. The molecule has 1 amide bonds. The van der Waals surface area contributed by atoms with E-state index >= 15 is 0 Å². The Morgan fingerprint density at radius 1 is 1.52 bits per heavy atom. The summed E-state index contributed by atoms with van der Waals surface area (Å²) < 4.78 is 2.15. The molecule has 3 rings (SSSR count). The number of benzene rings is 1. The van der Waals surface area contributed by atoms with E-state index in [0.717, 1.165) is 22.5 Å². The van der Waals surface area contributed by atoms with Crippen molar-refractivity contribution in [3.8, 4) is 0 Å². The van der Waals surface area contributed by atoms with Crippen LogP contribution < -0.4 is 11.1 Å². The molecule has 0 aliphatic heterocycles. The molecule has 6 heteroatoms. The molecule has 0 saturated heterocycles. The number of nitrogens with two attached hydrogens (primary N) is 1. The van der Waals surface area contributed by atoms with Gasteiger partial charge in [0, 0.05) is 31.1 Å². The van der Waals surface area contributed by atoms with Gasteiger partial charge in [0.25, 0.3) is 0 Å². The summed E-state index contributed by atoms with van der Waals surface area (Å²) in [6.45, 7) is 1.82. The number of aryl methyl sites for hydroxylation is 1. The van der Waals surface area contributed by atoms with E-state index < -0.39 is 0 Å². The first-order valence-corrected chi connectivity index (χ1v) is 7.06. The molecule has 1 aromatic heterocycles. The van der Waals surface area contributed by atoms with Gasteiger partial charge in [-0.25, -0.2) is 4.98 Å². The third-order valence-corrected chi connectivity index (χ3v) is 3.65. The van der Waals surface area contributed by atoms with Crippen LogP contribution in [0.4, 0.5) is 5.69 Å². The van der Waals surface area contributed by atoms with E-state index in [2.05, 4.69) is 16.9 Å². The van der Waals surface area contributed by atoms with Crippen molar-refractivity contribution in [2.24, 2.45) is 12.8 Å². The smallest absolute Gasteiger partial charge is 0.225 e. The molecular weight excluding hydrogens is 288 g/mol. The fourth-order valence-electron chi connectivity index (χ4n) is 2.51. The monoisotopic (exact) mass is 308 g/mol. The van der Waals surface area contributed by atoms with Crippen LogP contribution in [-0.2, 0) is 11.8 Å². The fraction of sp³-hybridized carbons (Fsp3) is 0.467. The average Bonchev–Trinajstić information content (AvgIpc) is 3.14. The predicted molar refractivity (Wildman–Crippen MR) is 86.8 cm³/mol. The molecule has 1 unspecified atom stereocenters. The number of carbonyl (C=O) groups is 1. The number of aromatic nitrogens is 2. The van der Waals surface area contributed by atoms with Crippen LogP contribution in [0.1, 0.15) is 37.9 Å². The van der Waals surface area contributed by atoms with Gasteiger partial charge < -0.3 is 15.6 Å². The number of nitrogens with zero attached hydrogens (tertiary/aromatic N) is 2. The van der Waals surface area contributed by atoms with Gasteiger partial charge in [-0.15, -0.1) is 12.4 Å². The lowest BCUT2D eigenvalue weighted by Crippen LogP contribution is -2.23. The lowest BCUT2D eigenvalue weighted by atomic mass is 10.2. The van der Waals surface area contributed by atoms with Crippen LogP contribution in [-0.4, -0.2) is 21.5 Å². The Morgan fingerprint density at radius 2 is 2.24 bits per heavy atom. The average molecular weight is 309 g/mol. The summed E-state index contributed by atoms with van der Waals surface area (Å²) >= 11 is 0. The molecule has 0 spiro atoms. The molecule has 1 aromatic carbocycles. The third kappa shape index (κ3) is 3.36. The highest BCUT2D eigenvalue weighted by molar-refractivity contribution is 5.93. The second kappa shape index (κ2) is 6.03. The number of hydrogen-bond donors (Lipinski definition) is 2. The largest absolute Gasteiger partial charge is 0.331 e. The Morgan fingerprint density at radius 3 is 2.86 bits per heavy atom. The number of hydrogen-bond acceptors (Lipinski definition) is 3. The molecule has 3 N–H and O–H groups in total. The van der Waals surface area contributed by atoms with Gasteiger partial charge in [-0.1, -0.05) is 0 Å². The Labute approximate surface area is 130 Å². The van der Waals surface area contributed by atoms with Crippen LogP contribution in [0.3, 0.4) is 0 Å². The van der Waals surface area contributed by atoms with Gasteiger partial charge >= 0.3 is 0 Å². The number of nitrogens with one attached hydrogen (secondary N) is 1. The van der Waals surface area contributed by atoms with Gasteiger partial charge in [0.15, 0.2) is 0 Å². The number of carbonyl (C=O) groups excluding carboxylic acids is 1. The Bertz CT molecular complexity index is 661. The number of amides is 1. The summed E-state index contributed by atoms with van der Waals surface area (Å²) in [7, 11) is 2.05. The number of rotatable bonds is 4. The van der Waals surface area contributed by atoms with Crippen molar-refractivity contribution in [3.63, 3.8) is 0 Å². The lowest BCUT2D eigenvalue weighted by Gasteiger charge is -2.07. The van der Waals surface area contributed by atoms with E-state index in [1.807, 2.05) is 25.1 Å². The first-order chi connectivity index (χ1) is 9.54. The molecule has 21 heavy (non-hydrogen) atoms. The van der Waals surface area contributed by atoms with Crippen molar-refractivity contribution in [3.05, 3.63) is 24.0 Å². The zero-order valence-corrected chi connectivity index (χ0v) is 13.1. The number of imidazole rings is 1. The predicted octanol–water partition coefficient (Wildman–Crippen LogP) is 2.55. The minimum absolute atomic E-state index is 0. The molecule has 1 fully saturated rings. The number of halogens is 1. The molecule has 1 atom stereocenters. The zero-order chi connectivity index (χ0) is 14.3. The first-order valence-electron chi connectivity index (χ1n) is 7.06. The van der Waals surface area contributed by atoms with Crippen LogP contribution in [0.2, 0.25) is 0 Å². The molecular formula is C15H21ClN4O. The molecule has 0 radical (unpaired) electrons. The van der Waals surface area contributed by atoms with Gasteiger partial charge in [0.05, 0.1) is 11.0 Å². The second-order valence-electron chi connectivity index (χ2n) is 5.74. The van der Waals surface area contributed by atoms with E-state index in [1.165, 1.54) is 12.8 Å². The molecule has 1 saturated carbocycles. The summed E-state index contributed by atoms with van der Waals surface area (Å²) in [5.41, 5.74) is 8.45. The SMILES string of the molecule is CC(N)CC(=O)Nc1ccc2c(c1)nc(C1CC1)n2C.Cl. The maximum Gasteiger partial charge on any atom is 0.225 e. The van der Waals surface area contributed by atoms with E-state index in [4.69, 9.17) is 10.7 Å². The molecule has 114 valence electrons. The van der Waals surface area contributed by atoms with Crippen LogP contribution in [0.25, 0.3) is 11.0 Å². The van der Waals surface area contributed by atoms with Crippen LogP contribution >= 0.6 is 12.4 Å². The molecule has 5 nitrogen and oxygen atoms in total. The van der Waals surface area contributed by atoms with Crippen molar-refractivity contribution in [2.45, 2.75) is 38.1 Å². The molecule has 1 heterocycles. The van der Waals surface area contributed by atoms with Crippen molar-refractivity contribution in [1.82, 2.24) is 9.55 Å². The summed E-state index contributed by atoms with van der Waals surface area (Å²) in [6, 6.07) is 5.73. The van der Waals surface area contributed by atoms with Crippen LogP contribution in [0, 0.1) is 0 Å².